The highest BCUT2D eigenvalue weighted by atomic mass is 31.2. The number of aromatic hydroxyl groups is 6. The molecule has 0 radical (unpaired) electrons. The molecule has 0 saturated carbocycles. The quantitative estimate of drug-likeness (QED) is 0.0452. The molecule has 6 rings (SSSR count). The van der Waals surface area contributed by atoms with Crippen LogP contribution in [0.5, 0.6) is 69.0 Å². The summed E-state index contributed by atoms with van der Waals surface area (Å²) in [6.45, 7) is 3.32. The Morgan fingerprint density at radius 2 is 0.672 bits per heavy atom. The largest absolute Gasteiger partial charge is 0.508 e. The summed E-state index contributed by atoms with van der Waals surface area (Å²) in [6, 6.07) is 34.6. The Labute approximate surface area is 334 Å². The summed E-state index contributed by atoms with van der Waals surface area (Å²) in [7, 11) is -12.1. The van der Waals surface area contributed by atoms with Crippen molar-refractivity contribution in [2.45, 2.75) is 19.6 Å². The highest BCUT2D eigenvalue weighted by molar-refractivity contribution is 7.68. The van der Waals surface area contributed by atoms with Gasteiger partial charge in [0.15, 0.2) is 5.78 Å². The minimum absolute atomic E-state index is 0.0146. The maximum absolute atomic E-state index is 10.2. The molecule has 6 aromatic carbocycles. The third kappa shape index (κ3) is 10.9. The predicted molar refractivity (Wildman–Crippen MR) is 221 cm³/mol. The number of nitrogens with one attached hydrogen (secondary N) is 1. The van der Waals surface area contributed by atoms with Crippen LogP contribution in [0.4, 0.5) is 0 Å². The smallest absolute Gasteiger partial charge is 0.449 e. The summed E-state index contributed by atoms with van der Waals surface area (Å²) >= 11 is 0. The standard InChI is InChI=1S/C40H40N3O12P3/c1-3-56(50-35-16-4-29(44)5-17-35,51-36-18-6-30(45)7-19-36)43-58(54-39-24-12-33(48)13-25-39,55-40-26-14-34(49)15-27-40)42-28(2)57(41,52-37-20-8-31(46)9-21-37)53-38-22-10-32(47)11-23-38/h4-28,41,44-49H,3H2,1-2H3. The van der Waals surface area contributed by atoms with Crippen molar-refractivity contribution in [2.75, 3.05) is 6.16 Å². The number of hydrogen-bond donors (Lipinski definition) is 7. The average Bonchev–Trinajstić information content (AvgIpc) is 3.20. The van der Waals surface area contributed by atoms with E-state index in [0.29, 0.717) is 0 Å². The summed E-state index contributed by atoms with van der Waals surface area (Å²) in [5.41, 5.74) is 0. The molecule has 18 heteroatoms. The second-order valence-corrected chi connectivity index (χ2v) is 19.3. The van der Waals surface area contributed by atoms with Crippen LogP contribution in [0.15, 0.2) is 155 Å². The van der Waals surface area contributed by atoms with Gasteiger partial charge >= 0.3 is 22.7 Å². The van der Waals surface area contributed by atoms with Gasteiger partial charge in [-0.2, -0.15) is 4.74 Å². The molecule has 1 unspecified atom stereocenters. The molecular formula is C40H40N3O12P3. The molecule has 6 aromatic rings. The van der Waals surface area contributed by atoms with E-state index in [1.54, 1.807) is 13.8 Å². The van der Waals surface area contributed by atoms with Crippen molar-refractivity contribution in [1.82, 2.24) is 0 Å². The number of phenolic OH excluding ortho intramolecular Hbond substituents is 6. The minimum Gasteiger partial charge on any atom is -0.508 e. The van der Waals surface area contributed by atoms with Gasteiger partial charge in [-0.1, -0.05) is 6.92 Å². The molecule has 7 N–H and O–H groups in total. The van der Waals surface area contributed by atoms with Gasteiger partial charge in [0.05, 0.1) is 6.16 Å². The Balaban J connectivity index is 1.64. The number of phenols is 6. The summed E-state index contributed by atoms with van der Waals surface area (Å²) in [6.07, 6.45) is 0.0768. The zero-order valence-corrected chi connectivity index (χ0v) is 33.7. The Bertz CT molecular complexity index is 2300. The molecule has 0 aliphatic carbocycles. The van der Waals surface area contributed by atoms with Crippen LogP contribution in [-0.2, 0) is 0 Å². The van der Waals surface area contributed by atoms with E-state index in [-0.39, 0.29) is 75.2 Å². The van der Waals surface area contributed by atoms with Gasteiger partial charge in [0.1, 0.15) is 69.0 Å². The van der Waals surface area contributed by atoms with Gasteiger partial charge in [-0.05, 0) is 153 Å². The Hall–Kier alpha value is -6.39. The highest BCUT2D eigenvalue weighted by Crippen LogP contribution is 2.67. The van der Waals surface area contributed by atoms with Gasteiger partial charge < -0.3 is 57.8 Å². The van der Waals surface area contributed by atoms with Crippen LogP contribution >= 0.6 is 22.7 Å². The van der Waals surface area contributed by atoms with E-state index in [0.717, 1.165) is 0 Å². The molecule has 0 amide bonds. The lowest BCUT2D eigenvalue weighted by Crippen LogP contribution is -2.14. The van der Waals surface area contributed by atoms with Crippen molar-refractivity contribution >= 4 is 22.7 Å². The van der Waals surface area contributed by atoms with E-state index < -0.39 is 28.5 Å². The SMILES string of the molecule is CCP(=NP(=NC(C)P(=N)(Oc1ccc(O)cc1)Oc1ccc(O)cc1)(Oc1ccc(O)cc1)Oc1ccc(O)cc1)(Oc1ccc(O)cc1)Oc1ccc(O)cc1. The van der Waals surface area contributed by atoms with Gasteiger partial charge in [-0.3, -0.25) is 0 Å². The van der Waals surface area contributed by atoms with Crippen LogP contribution in [0.25, 0.3) is 0 Å². The maximum atomic E-state index is 10.2. The zero-order chi connectivity index (χ0) is 41.3. The van der Waals surface area contributed by atoms with E-state index in [1.165, 1.54) is 146 Å². The summed E-state index contributed by atoms with van der Waals surface area (Å²) in [5.74, 6) is -0.354. The summed E-state index contributed by atoms with van der Waals surface area (Å²) in [4.78, 5) is 0. The molecule has 1 atom stereocenters. The van der Waals surface area contributed by atoms with Crippen LogP contribution in [0.3, 0.4) is 0 Å². The lowest BCUT2D eigenvalue weighted by atomic mass is 10.3. The van der Waals surface area contributed by atoms with Gasteiger partial charge in [-0.25, -0.2) is 5.16 Å². The third-order valence-corrected chi connectivity index (χ3v) is 15.5. The van der Waals surface area contributed by atoms with E-state index in [2.05, 4.69) is 0 Å². The summed E-state index contributed by atoms with van der Waals surface area (Å²) < 4.78 is 49.4. The van der Waals surface area contributed by atoms with Gasteiger partial charge in [0, 0.05) is 0 Å². The van der Waals surface area contributed by atoms with Crippen LogP contribution in [0.2, 0.25) is 0 Å². The second kappa shape index (κ2) is 17.8. The van der Waals surface area contributed by atoms with E-state index in [9.17, 15) is 35.8 Å². The lowest BCUT2D eigenvalue weighted by Gasteiger charge is -2.31. The fourth-order valence-electron chi connectivity index (χ4n) is 4.95. The number of nitrogens with zero attached hydrogens (tertiary/aromatic N) is 2. The highest BCUT2D eigenvalue weighted by Gasteiger charge is 2.40. The van der Waals surface area contributed by atoms with Crippen molar-refractivity contribution in [3.63, 3.8) is 0 Å². The third-order valence-electron chi connectivity index (χ3n) is 7.90. The van der Waals surface area contributed by atoms with Gasteiger partial charge in [0.2, 0.25) is 0 Å². The first-order valence-electron chi connectivity index (χ1n) is 17.5. The average molecular weight is 848 g/mol. The first kappa shape index (κ1) is 41.2. The zero-order valence-electron chi connectivity index (χ0n) is 31.0. The first-order chi connectivity index (χ1) is 27.7. The van der Waals surface area contributed by atoms with Crippen LogP contribution in [0, 0.1) is 5.16 Å². The molecule has 0 fully saturated rings. The molecule has 0 aromatic heterocycles. The van der Waals surface area contributed by atoms with Crippen LogP contribution < -0.4 is 27.1 Å². The molecule has 0 bridgehead atoms. The maximum Gasteiger partial charge on any atom is 0.449 e. The Morgan fingerprint density at radius 3 is 0.931 bits per heavy atom. The molecule has 302 valence electrons. The van der Waals surface area contributed by atoms with Gasteiger partial charge in [-0.15, -0.1) is 4.52 Å². The number of rotatable bonds is 16. The second-order valence-electron chi connectivity index (χ2n) is 12.4. The topological polar surface area (TPSA) is 225 Å². The Kier molecular flexibility index (Phi) is 12.7. The van der Waals surface area contributed by atoms with Crippen molar-refractivity contribution < 1.29 is 57.8 Å². The van der Waals surface area contributed by atoms with E-state index in [4.69, 9.17) is 36.4 Å². The number of benzene rings is 6. The lowest BCUT2D eigenvalue weighted by molar-refractivity contribution is 0.440. The molecule has 0 aliphatic rings. The predicted octanol–water partition coefficient (Wildman–Crippen LogP) is 11.6. The number of hydrogen-bond acceptors (Lipinski definition) is 14. The molecule has 0 saturated heterocycles. The normalized spacial score (nSPS) is 12.1. The van der Waals surface area contributed by atoms with Crippen molar-refractivity contribution in [2.24, 2.45) is 9.26 Å². The van der Waals surface area contributed by atoms with Crippen molar-refractivity contribution in [3.05, 3.63) is 146 Å². The fourth-order valence-corrected chi connectivity index (χ4v) is 12.3. The van der Waals surface area contributed by atoms with Crippen LogP contribution in [0.1, 0.15) is 13.8 Å². The van der Waals surface area contributed by atoms with Crippen LogP contribution in [-0.4, -0.2) is 42.6 Å². The molecule has 0 heterocycles. The first-order valence-corrected chi connectivity index (χ1v) is 22.5. The van der Waals surface area contributed by atoms with Gasteiger partial charge in [0.25, 0.3) is 0 Å². The van der Waals surface area contributed by atoms with Crippen molar-refractivity contribution in [3.8, 4) is 69.0 Å². The van der Waals surface area contributed by atoms with Crippen molar-refractivity contribution in [1.29, 1.82) is 5.16 Å². The van der Waals surface area contributed by atoms with E-state index >= 15 is 0 Å². The van der Waals surface area contributed by atoms with E-state index in [1.807, 2.05) is 0 Å². The molecule has 0 spiro atoms. The molecule has 15 nitrogen and oxygen atoms in total. The minimum atomic E-state index is -4.32. The molecule has 58 heavy (non-hydrogen) atoms. The Morgan fingerprint density at radius 1 is 0.431 bits per heavy atom. The monoisotopic (exact) mass is 847 g/mol. The molecule has 0 aliphatic heterocycles. The fraction of sp³-hybridized carbons (Fsp3) is 0.100. The molecular weight excluding hydrogens is 807 g/mol. The summed E-state index contributed by atoms with van der Waals surface area (Å²) in [5, 5.41) is 70.3.